The second-order valence-electron chi connectivity index (χ2n) is 5.89. The van der Waals surface area contributed by atoms with Crippen LogP contribution in [-0.2, 0) is 6.42 Å². The molecule has 0 aromatic heterocycles. The van der Waals surface area contributed by atoms with Crippen LogP contribution >= 0.6 is 11.6 Å². The van der Waals surface area contributed by atoms with Gasteiger partial charge >= 0.3 is 6.18 Å². The van der Waals surface area contributed by atoms with E-state index >= 15 is 0 Å². The predicted molar refractivity (Wildman–Crippen MR) is 85.9 cm³/mol. The normalized spacial score (nSPS) is 21.0. The average Bonchev–Trinajstić information content (AvgIpc) is 2.98. The van der Waals surface area contributed by atoms with Crippen molar-refractivity contribution < 1.29 is 17.9 Å². The molecule has 24 heavy (non-hydrogen) atoms. The minimum absolute atomic E-state index is 0.109. The maximum absolute atomic E-state index is 12.2. The molecule has 1 aromatic carbocycles. The van der Waals surface area contributed by atoms with E-state index in [0.717, 1.165) is 17.7 Å². The Morgan fingerprint density at radius 2 is 2.17 bits per heavy atom. The molecule has 0 saturated carbocycles. The summed E-state index contributed by atoms with van der Waals surface area (Å²) >= 11 is 6.04. The van der Waals surface area contributed by atoms with Crippen molar-refractivity contribution in [2.75, 3.05) is 32.8 Å². The molecule has 0 saturated heterocycles. The van der Waals surface area contributed by atoms with E-state index in [9.17, 15) is 13.2 Å². The van der Waals surface area contributed by atoms with Crippen LogP contribution in [-0.4, -0.2) is 55.0 Å². The highest BCUT2D eigenvalue weighted by Gasteiger charge is 2.30. The molecule has 0 bridgehead atoms. The molecule has 0 aliphatic carbocycles. The van der Waals surface area contributed by atoms with E-state index in [4.69, 9.17) is 16.3 Å². The van der Waals surface area contributed by atoms with Gasteiger partial charge in [-0.15, -0.1) is 0 Å². The Morgan fingerprint density at radius 1 is 1.33 bits per heavy atom. The van der Waals surface area contributed by atoms with Crippen molar-refractivity contribution in [3.63, 3.8) is 0 Å². The molecule has 132 valence electrons. The number of benzene rings is 1. The standard InChI is InChI=1S/C16H19ClF3N3O/c17-13-2-3-15-12(8-13)9-14(10-24-15)23-6-1-5-22(23)7-4-21-11-16(18,19)20/h1-3,6,8,14,21H,4-5,7,9-11H2/t14-/m1/s1. The number of rotatable bonds is 5. The fourth-order valence-corrected chi connectivity index (χ4v) is 3.17. The maximum Gasteiger partial charge on any atom is 0.401 e. The molecule has 2 aliphatic heterocycles. The van der Waals surface area contributed by atoms with E-state index < -0.39 is 12.7 Å². The Labute approximate surface area is 143 Å². The molecule has 0 spiro atoms. The van der Waals surface area contributed by atoms with E-state index in [1.54, 1.807) is 6.07 Å². The predicted octanol–water partition coefficient (Wildman–Crippen LogP) is 2.84. The van der Waals surface area contributed by atoms with Gasteiger partial charge in [-0.25, -0.2) is 5.01 Å². The summed E-state index contributed by atoms with van der Waals surface area (Å²) in [6.45, 7) is 1.03. The maximum atomic E-state index is 12.2. The smallest absolute Gasteiger partial charge is 0.401 e. The first-order valence-electron chi connectivity index (χ1n) is 7.81. The van der Waals surface area contributed by atoms with Gasteiger partial charge in [0.25, 0.3) is 0 Å². The minimum Gasteiger partial charge on any atom is -0.491 e. The first-order chi connectivity index (χ1) is 11.4. The van der Waals surface area contributed by atoms with Gasteiger partial charge in [-0.3, -0.25) is 0 Å². The van der Waals surface area contributed by atoms with Crippen LogP contribution in [0.4, 0.5) is 13.2 Å². The Kier molecular flexibility index (Phi) is 5.22. The Hall–Kier alpha value is -1.44. The average molecular weight is 362 g/mol. The molecule has 1 atom stereocenters. The molecule has 0 amide bonds. The van der Waals surface area contributed by atoms with Crippen molar-refractivity contribution in [3.05, 3.63) is 41.1 Å². The molecule has 8 heteroatoms. The van der Waals surface area contributed by atoms with Gasteiger partial charge in [0.1, 0.15) is 12.4 Å². The van der Waals surface area contributed by atoms with Crippen LogP contribution in [0.5, 0.6) is 5.75 Å². The number of alkyl halides is 3. The van der Waals surface area contributed by atoms with Gasteiger partial charge in [-0.1, -0.05) is 17.7 Å². The van der Waals surface area contributed by atoms with Gasteiger partial charge in [-0.05, 0) is 23.8 Å². The van der Waals surface area contributed by atoms with Crippen molar-refractivity contribution in [3.8, 4) is 5.75 Å². The third-order valence-corrected chi connectivity index (χ3v) is 4.29. The van der Waals surface area contributed by atoms with Crippen LogP contribution in [0, 0.1) is 0 Å². The van der Waals surface area contributed by atoms with Crippen LogP contribution in [0.25, 0.3) is 0 Å². The molecule has 2 heterocycles. The second-order valence-corrected chi connectivity index (χ2v) is 6.33. The topological polar surface area (TPSA) is 27.7 Å². The summed E-state index contributed by atoms with van der Waals surface area (Å²) in [5.74, 6) is 0.845. The summed E-state index contributed by atoms with van der Waals surface area (Å²) in [5, 5.41) is 7.17. The largest absolute Gasteiger partial charge is 0.491 e. The monoisotopic (exact) mass is 361 g/mol. The lowest BCUT2D eigenvalue weighted by atomic mass is 10.0. The van der Waals surface area contributed by atoms with Crippen LogP contribution in [0.1, 0.15) is 5.56 Å². The molecule has 1 aromatic rings. The Morgan fingerprint density at radius 3 is 2.96 bits per heavy atom. The quantitative estimate of drug-likeness (QED) is 0.816. The first-order valence-corrected chi connectivity index (χ1v) is 8.19. The Bertz CT molecular complexity index is 609. The fourth-order valence-electron chi connectivity index (χ4n) is 2.98. The number of fused-ring (bicyclic) bond motifs is 1. The fraction of sp³-hybridized carbons (Fsp3) is 0.500. The first kappa shape index (κ1) is 17.4. The molecular formula is C16H19ClF3N3O. The highest BCUT2D eigenvalue weighted by atomic mass is 35.5. The van der Waals surface area contributed by atoms with E-state index in [1.165, 1.54) is 0 Å². The third-order valence-electron chi connectivity index (χ3n) is 4.06. The zero-order valence-electron chi connectivity index (χ0n) is 13.0. The number of nitrogens with zero attached hydrogens (tertiary/aromatic N) is 2. The second kappa shape index (κ2) is 7.21. The van der Waals surface area contributed by atoms with Gasteiger partial charge in [0, 0.05) is 37.3 Å². The van der Waals surface area contributed by atoms with Gasteiger partial charge in [0.15, 0.2) is 0 Å². The molecular weight excluding hydrogens is 343 g/mol. The zero-order chi connectivity index (χ0) is 17.2. The van der Waals surface area contributed by atoms with E-state index in [1.807, 2.05) is 29.4 Å². The van der Waals surface area contributed by atoms with Crippen LogP contribution in [0.2, 0.25) is 5.02 Å². The molecule has 4 nitrogen and oxygen atoms in total. The summed E-state index contributed by atoms with van der Waals surface area (Å²) in [6, 6.07) is 5.68. The van der Waals surface area contributed by atoms with Gasteiger partial charge in [0.2, 0.25) is 0 Å². The summed E-state index contributed by atoms with van der Waals surface area (Å²) in [5.41, 5.74) is 1.05. The lowest BCUT2D eigenvalue weighted by Gasteiger charge is -2.38. The molecule has 0 unspecified atom stereocenters. The van der Waals surface area contributed by atoms with Crippen LogP contribution in [0.15, 0.2) is 30.5 Å². The number of halogens is 4. The van der Waals surface area contributed by atoms with Crippen LogP contribution < -0.4 is 10.1 Å². The van der Waals surface area contributed by atoms with Crippen molar-refractivity contribution in [1.29, 1.82) is 0 Å². The van der Waals surface area contributed by atoms with Gasteiger partial charge < -0.3 is 15.1 Å². The minimum atomic E-state index is -4.18. The molecule has 0 radical (unpaired) electrons. The summed E-state index contributed by atoms with van der Waals surface area (Å²) in [4.78, 5) is 0. The zero-order valence-corrected chi connectivity index (χ0v) is 13.8. The third kappa shape index (κ3) is 4.34. The number of hydrazine groups is 1. The summed E-state index contributed by atoms with van der Waals surface area (Å²) in [7, 11) is 0. The molecule has 3 rings (SSSR count). The lowest BCUT2D eigenvalue weighted by Crippen LogP contribution is -2.49. The van der Waals surface area contributed by atoms with Crippen molar-refractivity contribution in [1.82, 2.24) is 15.3 Å². The summed E-state index contributed by atoms with van der Waals surface area (Å²) < 4.78 is 42.3. The molecule has 2 aliphatic rings. The van der Waals surface area contributed by atoms with Crippen molar-refractivity contribution in [2.24, 2.45) is 0 Å². The highest BCUT2D eigenvalue weighted by Crippen LogP contribution is 2.30. The van der Waals surface area contributed by atoms with Crippen LogP contribution in [0.3, 0.4) is 0 Å². The number of hydrogen-bond donors (Lipinski definition) is 1. The van der Waals surface area contributed by atoms with Crippen molar-refractivity contribution in [2.45, 2.75) is 18.6 Å². The summed E-state index contributed by atoms with van der Waals surface area (Å²) in [6.07, 6.45) is 0.570. The SMILES string of the molecule is FC(F)(F)CNCCN1CC=CN1[C@H]1COc2ccc(Cl)cc2C1. The van der Waals surface area contributed by atoms with E-state index in [-0.39, 0.29) is 12.6 Å². The number of nitrogens with one attached hydrogen (secondary N) is 1. The lowest BCUT2D eigenvalue weighted by molar-refractivity contribution is -0.125. The van der Waals surface area contributed by atoms with E-state index in [2.05, 4.69) is 10.3 Å². The Balaban J connectivity index is 1.55. The van der Waals surface area contributed by atoms with Crippen molar-refractivity contribution >= 4 is 11.6 Å². The number of hydrogen-bond acceptors (Lipinski definition) is 4. The highest BCUT2D eigenvalue weighted by molar-refractivity contribution is 6.30. The number of ether oxygens (including phenoxy) is 1. The van der Waals surface area contributed by atoms with Gasteiger partial charge in [-0.2, -0.15) is 13.2 Å². The van der Waals surface area contributed by atoms with Gasteiger partial charge in [0.05, 0.1) is 12.6 Å². The molecule has 0 fully saturated rings. The molecule has 1 N–H and O–H groups in total. The van der Waals surface area contributed by atoms with E-state index in [0.29, 0.717) is 24.7 Å².